The molecule has 1 amide bonds. The van der Waals surface area contributed by atoms with E-state index >= 15 is 0 Å². The minimum Gasteiger partial charge on any atom is -0.383 e. The molecule has 17 heavy (non-hydrogen) atoms. The van der Waals surface area contributed by atoms with Crippen LogP contribution in [0.1, 0.15) is 0 Å². The van der Waals surface area contributed by atoms with Gasteiger partial charge in [-0.15, -0.1) is 0 Å². The number of carbonyl (C=O) groups excluding carboxylic acids is 1. The lowest BCUT2D eigenvalue weighted by Gasteiger charge is -2.06. The third-order valence-corrected chi connectivity index (χ3v) is 2.53. The average molecular weight is 231 g/mol. The number of carbonyl (C=O) groups is 1. The first-order valence-electron chi connectivity index (χ1n) is 5.52. The molecule has 0 atom stereocenters. The molecule has 4 nitrogen and oxygen atoms in total. The van der Waals surface area contributed by atoms with Crippen molar-refractivity contribution in [3.63, 3.8) is 0 Å². The van der Waals surface area contributed by atoms with Gasteiger partial charge in [-0.05, 0) is 6.07 Å². The molecule has 0 bridgehead atoms. The van der Waals surface area contributed by atoms with Crippen molar-refractivity contribution < 1.29 is 9.53 Å². The molecular formula is C13H15N2O2. The quantitative estimate of drug-likeness (QED) is 0.786. The van der Waals surface area contributed by atoms with E-state index in [0.717, 1.165) is 10.9 Å². The second-order valence-corrected chi connectivity index (χ2v) is 3.76. The SMILES string of the molecule is COCCNC(=O)Cn1c[c]c2ccccc21. The van der Waals surface area contributed by atoms with Crippen molar-refractivity contribution in [3.8, 4) is 0 Å². The number of rotatable bonds is 5. The number of nitrogens with one attached hydrogen (secondary N) is 1. The zero-order valence-corrected chi connectivity index (χ0v) is 9.77. The van der Waals surface area contributed by atoms with Crippen LogP contribution in [-0.2, 0) is 16.1 Å². The number of hydrogen-bond acceptors (Lipinski definition) is 2. The van der Waals surface area contributed by atoms with E-state index in [-0.39, 0.29) is 5.91 Å². The van der Waals surface area contributed by atoms with Gasteiger partial charge in [-0.1, -0.05) is 18.2 Å². The van der Waals surface area contributed by atoms with Gasteiger partial charge in [-0.2, -0.15) is 0 Å². The van der Waals surface area contributed by atoms with Gasteiger partial charge in [-0.3, -0.25) is 4.79 Å². The number of ether oxygens (including phenoxy) is 1. The van der Waals surface area contributed by atoms with Gasteiger partial charge in [0.25, 0.3) is 0 Å². The molecule has 1 radical (unpaired) electrons. The zero-order chi connectivity index (χ0) is 12.1. The number of methoxy groups -OCH3 is 1. The molecule has 0 aliphatic heterocycles. The first-order valence-corrected chi connectivity index (χ1v) is 5.52. The van der Waals surface area contributed by atoms with Crippen molar-refractivity contribution >= 4 is 16.8 Å². The third-order valence-electron chi connectivity index (χ3n) is 2.53. The van der Waals surface area contributed by atoms with Gasteiger partial charge >= 0.3 is 0 Å². The number of amides is 1. The lowest BCUT2D eigenvalue weighted by atomic mass is 10.2. The minimum absolute atomic E-state index is 0.0168. The lowest BCUT2D eigenvalue weighted by molar-refractivity contribution is -0.121. The Bertz CT molecular complexity index is 505. The summed E-state index contributed by atoms with van der Waals surface area (Å²) in [6, 6.07) is 11.0. The highest BCUT2D eigenvalue weighted by molar-refractivity contribution is 5.82. The van der Waals surface area contributed by atoms with Gasteiger partial charge in [0.1, 0.15) is 6.54 Å². The average Bonchev–Trinajstić information content (AvgIpc) is 2.73. The van der Waals surface area contributed by atoms with Crippen molar-refractivity contribution in [2.45, 2.75) is 6.54 Å². The van der Waals surface area contributed by atoms with Crippen LogP contribution in [0.2, 0.25) is 0 Å². The minimum atomic E-state index is -0.0168. The summed E-state index contributed by atoms with van der Waals surface area (Å²) in [5.41, 5.74) is 1.02. The van der Waals surface area contributed by atoms with Crippen LogP contribution in [0.25, 0.3) is 10.9 Å². The number of fused-ring (bicyclic) bond motifs is 1. The van der Waals surface area contributed by atoms with Crippen molar-refractivity contribution in [3.05, 3.63) is 36.5 Å². The normalized spacial score (nSPS) is 10.6. The zero-order valence-electron chi connectivity index (χ0n) is 9.77. The fourth-order valence-corrected chi connectivity index (χ4v) is 1.70. The molecule has 1 heterocycles. The van der Waals surface area contributed by atoms with Crippen LogP contribution in [-0.4, -0.2) is 30.7 Å². The van der Waals surface area contributed by atoms with Crippen molar-refractivity contribution in [1.82, 2.24) is 9.88 Å². The molecule has 0 spiro atoms. The van der Waals surface area contributed by atoms with Crippen molar-refractivity contribution in [2.24, 2.45) is 0 Å². The second kappa shape index (κ2) is 5.50. The number of aromatic nitrogens is 1. The fraction of sp³-hybridized carbons (Fsp3) is 0.308. The van der Waals surface area contributed by atoms with Crippen molar-refractivity contribution in [2.75, 3.05) is 20.3 Å². The Balaban J connectivity index is 2.01. The first-order chi connectivity index (χ1) is 8.31. The maximum absolute atomic E-state index is 11.6. The van der Waals surface area contributed by atoms with E-state index in [4.69, 9.17) is 4.74 Å². The number of nitrogens with zero attached hydrogens (tertiary/aromatic N) is 1. The topological polar surface area (TPSA) is 43.3 Å². The van der Waals surface area contributed by atoms with E-state index in [0.29, 0.717) is 19.7 Å². The van der Waals surface area contributed by atoms with Gasteiger partial charge < -0.3 is 14.6 Å². The predicted octanol–water partition coefficient (Wildman–Crippen LogP) is 1.20. The van der Waals surface area contributed by atoms with Gasteiger partial charge in [-0.25, -0.2) is 0 Å². The fourth-order valence-electron chi connectivity index (χ4n) is 1.70. The predicted molar refractivity (Wildman–Crippen MR) is 65.7 cm³/mol. The molecular weight excluding hydrogens is 216 g/mol. The number of benzene rings is 1. The van der Waals surface area contributed by atoms with Gasteiger partial charge in [0.2, 0.25) is 5.91 Å². The molecule has 4 heteroatoms. The van der Waals surface area contributed by atoms with Crippen molar-refractivity contribution in [1.29, 1.82) is 0 Å². The Labute approximate surface area is 100 Å². The van der Waals surface area contributed by atoms with Crippen LogP contribution in [0.5, 0.6) is 0 Å². The molecule has 0 fully saturated rings. The Morgan fingerprint density at radius 1 is 1.47 bits per heavy atom. The summed E-state index contributed by atoms with van der Waals surface area (Å²) in [5, 5.41) is 3.81. The van der Waals surface area contributed by atoms with E-state index in [1.807, 2.05) is 28.8 Å². The Kier molecular flexibility index (Phi) is 3.77. The van der Waals surface area contributed by atoms with E-state index in [1.165, 1.54) is 0 Å². The summed E-state index contributed by atoms with van der Waals surface area (Å²) < 4.78 is 6.76. The highest BCUT2D eigenvalue weighted by Gasteiger charge is 2.05. The highest BCUT2D eigenvalue weighted by Crippen LogP contribution is 2.13. The van der Waals surface area contributed by atoms with Crippen LogP contribution in [0, 0.1) is 6.07 Å². The van der Waals surface area contributed by atoms with E-state index in [9.17, 15) is 4.79 Å². The number of hydrogen-bond donors (Lipinski definition) is 1. The summed E-state index contributed by atoms with van der Waals surface area (Å²) in [6.07, 6.45) is 1.81. The molecule has 0 unspecified atom stereocenters. The lowest BCUT2D eigenvalue weighted by Crippen LogP contribution is -2.30. The Morgan fingerprint density at radius 2 is 2.29 bits per heavy atom. The molecule has 2 rings (SSSR count). The second-order valence-electron chi connectivity index (χ2n) is 3.76. The van der Waals surface area contributed by atoms with Gasteiger partial charge in [0.05, 0.1) is 6.61 Å². The molecule has 2 aromatic rings. The van der Waals surface area contributed by atoms with E-state index < -0.39 is 0 Å². The molecule has 1 aromatic carbocycles. The smallest absolute Gasteiger partial charge is 0.240 e. The maximum atomic E-state index is 11.6. The molecule has 0 aliphatic carbocycles. The van der Waals surface area contributed by atoms with Crippen LogP contribution < -0.4 is 5.32 Å². The first kappa shape index (κ1) is 11.7. The third kappa shape index (κ3) is 2.85. The number of para-hydroxylation sites is 1. The summed E-state index contributed by atoms with van der Waals surface area (Å²) >= 11 is 0. The molecule has 1 N–H and O–H groups in total. The standard InChI is InChI=1S/C13H15N2O2/c1-17-9-7-14-13(16)10-15-8-6-11-4-2-3-5-12(11)15/h2-5,8H,7,9-10H2,1H3,(H,14,16). The van der Waals surface area contributed by atoms with Crippen LogP contribution in [0.3, 0.4) is 0 Å². The van der Waals surface area contributed by atoms with E-state index in [2.05, 4.69) is 11.4 Å². The summed E-state index contributed by atoms with van der Waals surface area (Å²) in [4.78, 5) is 11.6. The summed E-state index contributed by atoms with van der Waals surface area (Å²) in [7, 11) is 1.61. The molecule has 1 aromatic heterocycles. The van der Waals surface area contributed by atoms with Gasteiger partial charge in [0, 0.05) is 36.8 Å². The maximum Gasteiger partial charge on any atom is 0.240 e. The van der Waals surface area contributed by atoms with Crippen LogP contribution in [0.15, 0.2) is 30.5 Å². The van der Waals surface area contributed by atoms with Crippen LogP contribution in [0.4, 0.5) is 0 Å². The van der Waals surface area contributed by atoms with Crippen LogP contribution >= 0.6 is 0 Å². The molecule has 89 valence electrons. The summed E-state index contributed by atoms with van der Waals surface area (Å²) in [5.74, 6) is -0.0168. The molecule has 0 saturated heterocycles. The van der Waals surface area contributed by atoms with Gasteiger partial charge in [0.15, 0.2) is 0 Å². The Hall–Kier alpha value is -1.81. The van der Waals surface area contributed by atoms with E-state index in [1.54, 1.807) is 13.3 Å². The molecule has 0 aliphatic rings. The Morgan fingerprint density at radius 3 is 3.12 bits per heavy atom. The molecule has 0 saturated carbocycles. The highest BCUT2D eigenvalue weighted by atomic mass is 16.5. The monoisotopic (exact) mass is 231 g/mol. The largest absolute Gasteiger partial charge is 0.383 e. The summed E-state index contributed by atoms with van der Waals surface area (Å²) in [6.45, 7) is 1.39.